The zero-order chi connectivity index (χ0) is 14.4. The van der Waals surface area contributed by atoms with E-state index in [1.807, 2.05) is 12.1 Å². The van der Waals surface area contributed by atoms with Crippen molar-refractivity contribution >= 4 is 17.4 Å². The third-order valence-corrected chi connectivity index (χ3v) is 2.98. The second-order valence-electron chi connectivity index (χ2n) is 4.77. The van der Waals surface area contributed by atoms with E-state index in [9.17, 15) is 4.79 Å². The van der Waals surface area contributed by atoms with Crippen molar-refractivity contribution in [2.24, 2.45) is 0 Å². The first-order valence-corrected chi connectivity index (χ1v) is 6.76. The van der Waals surface area contributed by atoms with Gasteiger partial charge in [0.2, 0.25) is 5.91 Å². The van der Waals surface area contributed by atoms with Crippen LogP contribution in [-0.2, 0) is 17.6 Å². The Morgan fingerprint density at radius 3 is 2.45 bits per heavy atom. The van der Waals surface area contributed by atoms with Gasteiger partial charge in [-0.05, 0) is 29.7 Å². The maximum Gasteiger partial charge on any atom is 0.229 e. The second kappa shape index (κ2) is 6.70. The SMILES string of the molecule is CCCc1ccc(CC(=O)Nc2ccc(N)cn2)cc1. The van der Waals surface area contributed by atoms with E-state index in [1.165, 1.54) is 11.8 Å². The number of carbonyl (C=O) groups is 1. The number of pyridine rings is 1. The molecule has 4 nitrogen and oxygen atoms in total. The summed E-state index contributed by atoms with van der Waals surface area (Å²) in [5, 5.41) is 2.75. The molecule has 1 heterocycles. The van der Waals surface area contributed by atoms with Gasteiger partial charge in [-0.1, -0.05) is 37.6 Å². The molecule has 2 rings (SSSR count). The molecule has 0 saturated heterocycles. The minimum atomic E-state index is -0.0782. The quantitative estimate of drug-likeness (QED) is 0.877. The van der Waals surface area contributed by atoms with Gasteiger partial charge in [-0.3, -0.25) is 4.79 Å². The molecule has 2 aromatic rings. The van der Waals surface area contributed by atoms with Gasteiger partial charge in [-0.15, -0.1) is 0 Å². The third-order valence-electron chi connectivity index (χ3n) is 2.98. The topological polar surface area (TPSA) is 68.0 Å². The Hall–Kier alpha value is -2.36. The molecule has 0 bridgehead atoms. The van der Waals surface area contributed by atoms with E-state index < -0.39 is 0 Å². The average Bonchev–Trinajstić information content (AvgIpc) is 2.44. The van der Waals surface area contributed by atoms with Gasteiger partial charge in [0.15, 0.2) is 0 Å². The third kappa shape index (κ3) is 4.09. The molecule has 0 unspecified atom stereocenters. The number of nitrogens with two attached hydrogens (primary N) is 1. The van der Waals surface area contributed by atoms with E-state index in [-0.39, 0.29) is 5.91 Å². The van der Waals surface area contributed by atoms with Crippen LogP contribution in [0.15, 0.2) is 42.6 Å². The van der Waals surface area contributed by atoms with Crippen LogP contribution in [0.1, 0.15) is 24.5 Å². The number of aromatic nitrogens is 1. The molecule has 0 aliphatic carbocycles. The molecule has 0 saturated carbocycles. The zero-order valence-corrected chi connectivity index (χ0v) is 11.6. The highest BCUT2D eigenvalue weighted by Gasteiger charge is 2.05. The number of aryl methyl sites for hydroxylation is 1. The number of carbonyl (C=O) groups excluding carboxylic acids is 1. The van der Waals surface area contributed by atoms with Gasteiger partial charge in [-0.25, -0.2) is 4.98 Å². The summed E-state index contributed by atoms with van der Waals surface area (Å²) in [5.74, 6) is 0.442. The highest BCUT2D eigenvalue weighted by molar-refractivity contribution is 5.91. The molecule has 1 amide bonds. The maximum atomic E-state index is 11.9. The van der Waals surface area contributed by atoms with Gasteiger partial charge in [0, 0.05) is 0 Å². The standard InChI is InChI=1S/C16H19N3O/c1-2-3-12-4-6-13(7-5-12)10-16(20)19-15-9-8-14(17)11-18-15/h4-9,11H,2-3,10,17H2,1H3,(H,18,19,20). The molecule has 0 atom stereocenters. The second-order valence-corrected chi connectivity index (χ2v) is 4.77. The summed E-state index contributed by atoms with van der Waals surface area (Å²) < 4.78 is 0. The van der Waals surface area contributed by atoms with Crippen LogP contribution in [0.5, 0.6) is 0 Å². The largest absolute Gasteiger partial charge is 0.397 e. The number of hydrogen-bond donors (Lipinski definition) is 2. The molecule has 104 valence electrons. The maximum absolute atomic E-state index is 11.9. The number of hydrogen-bond acceptors (Lipinski definition) is 3. The number of rotatable bonds is 5. The van der Waals surface area contributed by atoms with Crippen molar-refractivity contribution in [1.82, 2.24) is 4.98 Å². The van der Waals surface area contributed by atoms with Crippen LogP contribution < -0.4 is 11.1 Å². The van der Waals surface area contributed by atoms with Crippen molar-refractivity contribution in [3.63, 3.8) is 0 Å². The lowest BCUT2D eigenvalue weighted by atomic mass is 10.1. The van der Waals surface area contributed by atoms with Crippen molar-refractivity contribution in [2.75, 3.05) is 11.1 Å². The van der Waals surface area contributed by atoms with Gasteiger partial charge < -0.3 is 11.1 Å². The van der Waals surface area contributed by atoms with Crippen LogP contribution in [0.2, 0.25) is 0 Å². The fourth-order valence-electron chi connectivity index (χ4n) is 1.96. The van der Waals surface area contributed by atoms with E-state index in [1.54, 1.807) is 12.1 Å². The molecule has 3 N–H and O–H groups in total. The molecule has 4 heteroatoms. The summed E-state index contributed by atoms with van der Waals surface area (Å²) >= 11 is 0. The van der Waals surface area contributed by atoms with Gasteiger partial charge in [0.05, 0.1) is 18.3 Å². The van der Waals surface area contributed by atoms with Crippen molar-refractivity contribution in [2.45, 2.75) is 26.2 Å². The Morgan fingerprint density at radius 1 is 1.15 bits per heavy atom. The number of anilines is 2. The van der Waals surface area contributed by atoms with Crippen molar-refractivity contribution in [1.29, 1.82) is 0 Å². The Kier molecular flexibility index (Phi) is 4.71. The summed E-state index contributed by atoms with van der Waals surface area (Å²) in [6.45, 7) is 2.15. The van der Waals surface area contributed by atoms with E-state index >= 15 is 0 Å². The molecule has 0 spiro atoms. The number of nitrogens with zero attached hydrogens (tertiary/aromatic N) is 1. The van der Waals surface area contributed by atoms with Crippen LogP contribution >= 0.6 is 0 Å². The smallest absolute Gasteiger partial charge is 0.229 e. The van der Waals surface area contributed by atoms with E-state index in [4.69, 9.17) is 5.73 Å². The summed E-state index contributed by atoms with van der Waals surface area (Å²) in [5.41, 5.74) is 8.42. The van der Waals surface area contributed by atoms with E-state index in [0.717, 1.165) is 18.4 Å². The van der Waals surface area contributed by atoms with Gasteiger partial charge >= 0.3 is 0 Å². The Balaban J connectivity index is 1.92. The number of benzene rings is 1. The van der Waals surface area contributed by atoms with E-state index in [2.05, 4.69) is 29.4 Å². The highest BCUT2D eigenvalue weighted by atomic mass is 16.1. The minimum Gasteiger partial charge on any atom is -0.397 e. The fourth-order valence-corrected chi connectivity index (χ4v) is 1.96. The number of nitrogen functional groups attached to an aromatic ring is 1. The lowest BCUT2D eigenvalue weighted by Crippen LogP contribution is -2.15. The van der Waals surface area contributed by atoms with Crippen molar-refractivity contribution in [3.05, 3.63) is 53.7 Å². The normalized spacial score (nSPS) is 10.2. The van der Waals surface area contributed by atoms with Crippen LogP contribution in [0.3, 0.4) is 0 Å². The van der Waals surface area contributed by atoms with Crippen LogP contribution in [0, 0.1) is 0 Å². The van der Waals surface area contributed by atoms with Crippen LogP contribution in [-0.4, -0.2) is 10.9 Å². The average molecular weight is 269 g/mol. The van der Waals surface area contributed by atoms with Crippen molar-refractivity contribution in [3.8, 4) is 0 Å². The molecule has 0 radical (unpaired) electrons. The molecule has 20 heavy (non-hydrogen) atoms. The zero-order valence-electron chi connectivity index (χ0n) is 11.6. The predicted octanol–water partition coefficient (Wildman–Crippen LogP) is 2.80. The summed E-state index contributed by atoms with van der Waals surface area (Å²) in [6.07, 6.45) is 4.07. The monoisotopic (exact) mass is 269 g/mol. The van der Waals surface area contributed by atoms with Gasteiger partial charge in [-0.2, -0.15) is 0 Å². The first kappa shape index (κ1) is 14.1. The molecular weight excluding hydrogens is 250 g/mol. The fraction of sp³-hybridized carbons (Fsp3) is 0.250. The molecule has 1 aromatic heterocycles. The Labute approximate surface area is 119 Å². The molecular formula is C16H19N3O. The first-order chi connectivity index (χ1) is 9.67. The Morgan fingerprint density at radius 2 is 1.85 bits per heavy atom. The van der Waals surface area contributed by atoms with E-state index in [0.29, 0.717) is 17.9 Å². The number of amides is 1. The van der Waals surface area contributed by atoms with Gasteiger partial charge in [0.1, 0.15) is 5.82 Å². The lowest BCUT2D eigenvalue weighted by molar-refractivity contribution is -0.115. The van der Waals surface area contributed by atoms with Crippen LogP contribution in [0.4, 0.5) is 11.5 Å². The summed E-state index contributed by atoms with van der Waals surface area (Å²) in [7, 11) is 0. The summed E-state index contributed by atoms with van der Waals surface area (Å²) in [6, 6.07) is 11.6. The molecule has 0 fully saturated rings. The predicted molar refractivity (Wildman–Crippen MR) is 81.4 cm³/mol. The van der Waals surface area contributed by atoms with Gasteiger partial charge in [0.25, 0.3) is 0 Å². The first-order valence-electron chi connectivity index (χ1n) is 6.76. The number of nitrogens with one attached hydrogen (secondary N) is 1. The van der Waals surface area contributed by atoms with Crippen molar-refractivity contribution < 1.29 is 4.79 Å². The lowest BCUT2D eigenvalue weighted by Gasteiger charge is -2.05. The molecule has 0 aliphatic rings. The summed E-state index contributed by atoms with van der Waals surface area (Å²) in [4.78, 5) is 15.9. The molecule has 0 aliphatic heterocycles. The highest BCUT2D eigenvalue weighted by Crippen LogP contribution is 2.09. The molecule has 1 aromatic carbocycles. The Bertz CT molecular complexity index is 561. The van der Waals surface area contributed by atoms with Crippen LogP contribution in [0.25, 0.3) is 0 Å². The minimum absolute atomic E-state index is 0.0782.